The van der Waals surface area contributed by atoms with E-state index in [2.05, 4.69) is 0 Å². The number of Topliss-reactive ketones (excluding diaryl/α,β-unsaturated/α-hetero) is 1. The van der Waals surface area contributed by atoms with Crippen molar-refractivity contribution < 1.29 is 19.0 Å². The molecule has 0 bridgehead atoms. The average Bonchev–Trinajstić information content (AvgIpc) is 2.80. The van der Waals surface area contributed by atoms with Gasteiger partial charge in [0.25, 0.3) is 0 Å². The molecule has 2 rings (SSSR count). The van der Waals surface area contributed by atoms with Crippen molar-refractivity contribution in [2.45, 2.75) is 39.5 Å². The molecule has 0 fully saturated rings. The zero-order valence-corrected chi connectivity index (χ0v) is 14.7. The Bertz CT molecular complexity index is 616. The highest BCUT2D eigenvalue weighted by Gasteiger charge is 2.24. The molecule has 4 nitrogen and oxygen atoms in total. The lowest BCUT2D eigenvalue weighted by Gasteiger charge is -2.17. The van der Waals surface area contributed by atoms with Crippen LogP contribution in [0.15, 0.2) is 11.6 Å². The fourth-order valence-electron chi connectivity index (χ4n) is 3.03. The maximum atomic E-state index is 12.6. The predicted molar refractivity (Wildman–Crippen MR) is 91.5 cm³/mol. The van der Waals surface area contributed by atoms with Gasteiger partial charge in [0.05, 0.1) is 21.3 Å². The van der Waals surface area contributed by atoms with Gasteiger partial charge in [0.15, 0.2) is 17.3 Å². The summed E-state index contributed by atoms with van der Waals surface area (Å²) >= 11 is 0. The third-order valence-electron chi connectivity index (χ3n) is 4.55. The van der Waals surface area contributed by atoms with E-state index >= 15 is 0 Å². The first-order valence-electron chi connectivity index (χ1n) is 8.13. The van der Waals surface area contributed by atoms with Crippen molar-refractivity contribution in [1.82, 2.24) is 0 Å². The molecular weight excluding hydrogens is 292 g/mol. The van der Waals surface area contributed by atoms with Crippen molar-refractivity contribution in [2.24, 2.45) is 5.92 Å². The van der Waals surface area contributed by atoms with Gasteiger partial charge in [0.2, 0.25) is 5.75 Å². The summed E-state index contributed by atoms with van der Waals surface area (Å²) in [5.74, 6) is 2.24. The molecule has 0 spiro atoms. The summed E-state index contributed by atoms with van der Waals surface area (Å²) < 4.78 is 16.5. The molecule has 0 saturated heterocycles. The van der Waals surface area contributed by atoms with E-state index in [0.29, 0.717) is 17.2 Å². The average molecular weight is 318 g/mol. The van der Waals surface area contributed by atoms with Crippen molar-refractivity contribution in [3.8, 4) is 17.2 Å². The highest BCUT2D eigenvalue weighted by molar-refractivity contribution is 6.01. The van der Waals surface area contributed by atoms with Gasteiger partial charge >= 0.3 is 0 Å². The van der Waals surface area contributed by atoms with Crippen LogP contribution in [0.1, 0.15) is 44.2 Å². The Morgan fingerprint density at radius 2 is 1.83 bits per heavy atom. The number of fused-ring (bicyclic) bond motifs is 1. The summed E-state index contributed by atoms with van der Waals surface area (Å²) in [5, 5.41) is 0. The Labute approximate surface area is 138 Å². The number of benzene rings is 1. The number of rotatable bonds is 6. The first-order chi connectivity index (χ1) is 11.1. The van der Waals surface area contributed by atoms with Crippen LogP contribution in [0.3, 0.4) is 0 Å². The number of ether oxygens (including phenoxy) is 3. The Morgan fingerprint density at radius 1 is 1.13 bits per heavy atom. The Kier molecular flexibility index (Phi) is 5.69. The quantitative estimate of drug-likeness (QED) is 0.794. The molecular formula is C19H26O4. The van der Waals surface area contributed by atoms with Crippen molar-refractivity contribution in [3.05, 3.63) is 22.8 Å². The van der Waals surface area contributed by atoms with Gasteiger partial charge in [0, 0.05) is 11.5 Å². The molecule has 0 N–H and O–H groups in total. The fourth-order valence-corrected chi connectivity index (χ4v) is 3.03. The molecule has 0 heterocycles. The van der Waals surface area contributed by atoms with Crippen LogP contribution in [0, 0.1) is 5.92 Å². The van der Waals surface area contributed by atoms with Gasteiger partial charge in [-0.3, -0.25) is 4.79 Å². The molecule has 23 heavy (non-hydrogen) atoms. The van der Waals surface area contributed by atoms with Crippen LogP contribution in [0.5, 0.6) is 17.2 Å². The van der Waals surface area contributed by atoms with Crippen LogP contribution >= 0.6 is 0 Å². The Morgan fingerprint density at radius 3 is 2.39 bits per heavy atom. The highest BCUT2D eigenvalue weighted by Crippen LogP contribution is 2.44. The summed E-state index contributed by atoms with van der Waals surface area (Å²) in [5.41, 5.74) is 2.97. The van der Waals surface area contributed by atoms with Gasteiger partial charge in [-0.1, -0.05) is 13.8 Å². The van der Waals surface area contributed by atoms with Crippen LogP contribution < -0.4 is 14.2 Å². The fraction of sp³-hybridized carbons (Fsp3) is 0.526. The molecule has 1 aliphatic carbocycles. The monoisotopic (exact) mass is 318 g/mol. The minimum Gasteiger partial charge on any atom is -0.493 e. The molecule has 1 atom stereocenters. The standard InChI is InChI=1S/C19H26O4/c1-6-12(2)17(20)13-8-7-9-15-14(10-13)11-16(21-3)19(23-5)18(15)22-4/h10-12H,6-9H2,1-5H3. The van der Waals surface area contributed by atoms with Crippen LogP contribution in [0.25, 0.3) is 6.08 Å². The summed E-state index contributed by atoms with van der Waals surface area (Å²) in [4.78, 5) is 12.6. The number of carbonyl (C=O) groups excluding carboxylic acids is 1. The van der Waals surface area contributed by atoms with Crippen LogP contribution in [0.2, 0.25) is 0 Å². The lowest BCUT2D eigenvalue weighted by atomic mass is 9.94. The molecule has 1 aromatic carbocycles. The van der Waals surface area contributed by atoms with Gasteiger partial charge in [-0.05, 0) is 49.0 Å². The largest absolute Gasteiger partial charge is 0.493 e. The summed E-state index contributed by atoms with van der Waals surface area (Å²) in [6, 6.07) is 1.94. The van der Waals surface area contributed by atoms with Crippen molar-refractivity contribution in [3.63, 3.8) is 0 Å². The zero-order valence-electron chi connectivity index (χ0n) is 14.7. The molecule has 0 amide bonds. The van der Waals surface area contributed by atoms with Crippen molar-refractivity contribution in [2.75, 3.05) is 21.3 Å². The van der Waals surface area contributed by atoms with Gasteiger partial charge in [-0.25, -0.2) is 0 Å². The van der Waals surface area contributed by atoms with Gasteiger partial charge in [0.1, 0.15) is 0 Å². The molecule has 0 saturated carbocycles. The molecule has 0 radical (unpaired) electrons. The maximum absolute atomic E-state index is 12.6. The Balaban J connectivity index is 2.57. The second kappa shape index (κ2) is 7.53. The minimum atomic E-state index is 0.0600. The molecule has 1 aliphatic rings. The summed E-state index contributed by atoms with van der Waals surface area (Å²) in [7, 11) is 4.85. The normalized spacial score (nSPS) is 15.1. The van der Waals surface area contributed by atoms with E-state index in [9.17, 15) is 4.79 Å². The first-order valence-corrected chi connectivity index (χ1v) is 8.13. The third-order valence-corrected chi connectivity index (χ3v) is 4.55. The number of ketones is 1. The van der Waals surface area contributed by atoms with Crippen molar-refractivity contribution in [1.29, 1.82) is 0 Å². The highest BCUT2D eigenvalue weighted by atomic mass is 16.5. The van der Waals surface area contributed by atoms with E-state index in [4.69, 9.17) is 14.2 Å². The van der Waals surface area contributed by atoms with Gasteiger partial charge in [-0.2, -0.15) is 0 Å². The van der Waals surface area contributed by atoms with Crippen LogP contribution in [0.4, 0.5) is 0 Å². The summed E-state index contributed by atoms with van der Waals surface area (Å²) in [6.45, 7) is 4.04. The number of allylic oxidation sites excluding steroid dienone is 1. The summed E-state index contributed by atoms with van der Waals surface area (Å²) in [6.07, 6.45) is 5.44. The molecule has 1 aromatic rings. The van der Waals surface area contributed by atoms with Gasteiger partial charge < -0.3 is 14.2 Å². The number of hydrogen-bond donors (Lipinski definition) is 0. The first kappa shape index (κ1) is 17.4. The second-order valence-electron chi connectivity index (χ2n) is 5.91. The Hall–Kier alpha value is -1.97. The lowest BCUT2D eigenvalue weighted by molar-refractivity contribution is -0.118. The molecule has 0 aliphatic heterocycles. The van der Waals surface area contributed by atoms with Crippen LogP contribution in [-0.2, 0) is 11.2 Å². The number of methoxy groups -OCH3 is 3. The van der Waals surface area contributed by atoms with Crippen LogP contribution in [-0.4, -0.2) is 27.1 Å². The third kappa shape index (κ3) is 3.36. The number of carbonyl (C=O) groups is 1. The molecule has 1 unspecified atom stereocenters. The molecule has 126 valence electrons. The van der Waals surface area contributed by atoms with E-state index in [1.807, 2.05) is 26.0 Å². The molecule has 0 aromatic heterocycles. The maximum Gasteiger partial charge on any atom is 0.203 e. The lowest BCUT2D eigenvalue weighted by Crippen LogP contribution is -2.12. The number of hydrogen-bond acceptors (Lipinski definition) is 4. The van der Waals surface area contributed by atoms with E-state index in [1.54, 1.807) is 21.3 Å². The van der Waals surface area contributed by atoms with E-state index in [0.717, 1.165) is 42.4 Å². The molecule has 4 heteroatoms. The van der Waals surface area contributed by atoms with E-state index in [-0.39, 0.29) is 11.7 Å². The van der Waals surface area contributed by atoms with Gasteiger partial charge in [-0.15, -0.1) is 0 Å². The van der Waals surface area contributed by atoms with E-state index in [1.165, 1.54) is 0 Å². The minimum absolute atomic E-state index is 0.0600. The predicted octanol–water partition coefficient (Wildman–Crippen LogP) is 4.05. The second-order valence-corrected chi connectivity index (χ2v) is 5.91. The van der Waals surface area contributed by atoms with E-state index < -0.39 is 0 Å². The van der Waals surface area contributed by atoms with Crippen molar-refractivity contribution >= 4 is 11.9 Å². The zero-order chi connectivity index (χ0) is 17.0. The SMILES string of the molecule is CCC(C)C(=O)C1=Cc2cc(OC)c(OC)c(OC)c2CCC1. The topological polar surface area (TPSA) is 44.8 Å². The smallest absolute Gasteiger partial charge is 0.203 e.